The fourth-order valence-electron chi connectivity index (χ4n) is 8.16. The Bertz CT molecular complexity index is 1080. The van der Waals surface area contributed by atoms with Crippen LogP contribution in [0, 0.1) is 22.7 Å². The van der Waals surface area contributed by atoms with Crippen LogP contribution in [0.3, 0.4) is 0 Å². The third kappa shape index (κ3) is 2.89. The molecule has 0 spiro atoms. The van der Waals surface area contributed by atoms with Crippen molar-refractivity contribution in [3.63, 3.8) is 0 Å². The third-order valence-corrected chi connectivity index (χ3v) is 9.55. The van der Waals surface area contributed by atoms with Crippen LogP contribution in [0.25, 0.3) is 0 Å². The number of carbonyl (C=O) groups excluding carboxylic acids is 3. The van der Waals surface area contributed by atoms with E-state index in [4.69, 9.17) is 14.2 Å². The number of esters is 1. The first-order valence-electron chi connectivity index (χ1n) is 12.2. The van der Waals surface area contributed by atoms with Gasteiger partial charge < -0.3 is 19.3 Å². The van der Waals surface area contributed by atoms with E-state index >= 15 is 4.39 Å². The van der Waals surface area contributed by atoms with E-state index in [0.29, 0.717) is 6.42 Å². The largest absolute Gasteiger partial charge is 0.458 e. The number of aliphatic hydroxyl groups excluding tert-OH is 1. The van der Waals surface area contributed by atoms with E-state index in [1.165, 1.54) is 19.9 Å². The van der Waals surface area contributed by atoms with Gasteiger partial charge in [0.15, 0.2) is 29.5 Å². The van der Waals surface area contributed by atoms with Crippen molar-refractivity contribution >= 4 is 17.5 Å². The van der Waals surface area contributed by atoms with Crippen molar-refractivity contribution in [3.05, 3.63) is 23.6 Å². The van der Waals surface area contributed by atoms with Crippen molar-refractivity contribution in [2.24, 2.45) is 22.7 Å². The lowest BCUT2D eigenvalue weighted by atomic mass is 9.44. The fourth-order valence-corrected chi connectivity index (χ4v) is 8.16. The number of halogens is 2. The Hall–Kier alpha value is -1.97. The zero-order valence-electron chi connectivity index (χ0n) is 20.7. The highest BCUT2D eigenvalue weighted by Crippen LogP contribution is 2.72. The molecule has 4 fully saturated rings. The normalized spacial score (nSPS) is 47.6. The van der Waals surface area contributed by atoms with Crippen LogP contribution in [-0.4, -0.2) is 58.5 Å². The number of hydrogen-bond acceptors (Lipinski definition) is 7. The number of allylic oxidation sites excluding steroid dienone is 4. The van der Waals surface area contributed by atoms with Gasteiger partial charge in [-0.05, 0) is 64.0 Å². The maximum atomic E-state index is 17.3. The lowest BCUT2D eigenvalue weighted by Crippen LogP contribution is -2.70. The van der Waals surface area contributed by atoms with Gasteiger partial charge in [0.05, 0.1) is 12.2 Å². The van der Waals surface area contributed by atoms with Gasteiger partial charge in [-0.25, -0.2) is 8.78 Å². The molecule has 1 saturated heterocycles. The molecule has 8 atom stereocenters. The number of rotatable bonds is 3. The van der Waals surface area contributed by atoms with Gasteiger partial charge in [-0.3, -0.25) is 14.4 Å². The molecule has 0 radical (unpaired) electrons. The minimum absolute atomic E-state index is 0.0823. The molecule has 9 heteroatoms. The average Bonchev–Trinajstić information content (AvgIpc) is 3.17. The van der Waals surface area contributed by atoms with Gasteiger partial charge >= 0.3 is 5.97 Å². The number of carbonyl (C=O) groups is 3. The molecule has 1 N–H and O–H groups in total. The molecule has 0 aromatic heterocycles. The standard InChI is InChI=1S/C26H32F2O7/c1-13(29)33-12-19(32)26-20(34-22(2,3)35-26)10-16-14-6-7-15-21(27)17(30)8-9-23(15,4)25(14,28)18(31)11-24(16,26)5/h8-9,14,16,18,20,31H,6-7,10-12H2,1-5H3/t14?,16?,18-,20+,23-,24-,25-,26+/m0/s1. The molecule has 3 saturated carbocycles. The topological polar surface area (TPSA) is 99.1 Å². The van der Waals surface area contributed by atoms with Gasteiger partial charge in [0.1, 0.15) is 0 Å². The Morgan fingerprint density at radius 1 is 1.23 bits per heavy atom. The number of alkyl halides is 1. The third-order valence-electron chi connectivity index (χ3n) is 9.55. The van der Waals surface area contributed by atoms with Crippen LogP contribution in [0.1, 0.15) is 60.3 Å². The molecule has 5 rings (SSSR count). The van der Waals surface area contributed by atoms with Crippen molar-refractivity contribution in [1.82, 2.24) is 0 Å². The summed E-state index contributed by atoms with van der Waals surface area (Å²) in [5.41, 5.74) is -6.25. The molecule has 1 heterocycles. The van der Waals surface area contributed by atoms with E-state index < -0.39 is 81.9 Å². The first-order valence-corrected chi connectivity index (χ1v) is 12.2. The number of ether oxygens (including phenoxy) is 3. The van der Waals surface area contributed by atoms with Crippen LogP contribution in [0.5, 0.6) is 0 Å². The Balaban J connectivity index is 1.61. The molecule has 192 valence electrons. The van der Waals surface area contributed by atoms with Gasteiger partial charge in [-0.2, -0.15) is 0 Å². The number of ketones is 2. The molecule has 1 aliphatic heterocycles. The summed E-state index contributed by atoms with van der Waals surface area (Å²) in [7, 11) is 0. The van der Waals surface area contributed by atoms with Crippen LogP contribution in [-0.2, 0) is 28.6 Å². The van der Waals surface area contributed by atoms with E-state index in [9.17, 15) is 23.9 Å². The minimum atomic E-state index is -2.26. The monoisotopic (exact) mass is 494 g/mol. The Kier molecular flexibility index (Phi) is 5.15. The smallest absolute Gasteiger partial charge is 0.303 e. The molecule has 0 aromatic rings. The van der Waals surface area contributed by atoms with Gasteiger partial charge in [0, 0.05) is 23.7 Å². The lowest BCUT2D eigenvalue weighted by Gasteiger charge is -2.62. The van der Waals surface area contributed by atoms with E-state index in [-0.39, 0.29) is 24.8 Å². The van der Waals surface area contributed by atoms with Crippen molar-refractivity contribution < 1.29 is 42.5 Å². The van der Waals surface area contributed by atoms with Crippen LogP contribution in [0.2, 0.25) is 0 Å². The van der Waals surface area contributed by atoms with Crippen molar-refractivity contribution in [2.75, 3.05) is 6.61 Å². The second kappa shape index (κ2) is 7.29. The number of fused-ring (bicyclic) bond motifs is 7. The molecule has 0 amide bonds. The van der Waals surface area contributed by atoms with E-state index in [1.807, 2.05) is 6.92 Å². The first kappa shape index (κ1) is 24.7. The predicted molar refractivity (Wildman–Crippen MR) is 118 cm³/mol. The molecular formula is C26H32F2O7. The zero-order chi connectivity index (χ0) is 25.8. The molecule has 7 nitrogen and oxygen atoms in total. The van der Waals surface area contributed by atoms with Crippen LogP contribution < -0.4 is 0 Å². The minimum Gasteiger partial charge on any atom is -0.458 e. The molecule has 4 aliphatic carbocycles. The van der Waals surface area contributed by atoms with Crippen LogP contribution >= 0.6 is 0 Å². The summed E-state index contributed by atoms with van der Waals surface area (Å²) >= 11 is 0. The summed E-state index contributed by atoms with van der Waals surface area (Å²) in [6, 6.07) is 0. The average molecular weight is 495 g/mol. The molecular weight excluding hydrogens is 462 g/mol. The quantitative estimate of drug-likeness (QED) is 0.601. The zero-order valence-corrected chi connectivity index (χ0v) is 20.7. The van der Waals surface area contributed by atoms with E-state index in [1.54, 1.807) is 13.8 Å². The van der Waals surface area contributed by atoms with E-state index in [2.05, 4.69) is 0 Å². The lowest BCUT2D eigenvalue weighted by molar-refractivity contribution is -0.246. The Labute approximate surface area is 202 Å². The van der Waals surface area contributed by atoms with Gasteiger partial charge in [-0.15, -0.1) is 0 Å². The first-order chi connectivity index (χ1) is 16.1. The van der Waals surface area contributed by atoms with Gasteiger partial charge in [0.25, 0.3) is 0 Å². The molecule has 35 heavy (non-hydrogen) atoms. The van der Waals surface area contributed by atoms with Crippen molar-refractivity contribution in [2.45, 2.75) is 89.6 Å². The van der Waals surface area contributed by atoms with Crippen LogP contribution in [0.15, 0.2) is 23.6 Å². The Morgan fingerprint density at radius 3 is 2.57 bits per heavy atom. The fraction of sp³-hybridized carbons (Fsp3) is 0.731. The van der Waals surface area contributed by atoms with E-state index in [0.717, 1.165) is 6.08 Å². The summed E-state index contributed by atoms with van der Waals surface area (Å²) < 4.78 is 49.7. The number of hydrogen-bond donors (Lipinski definition) is 1. The summed E-state index contributed by atoms with van der Waals surface area (Å²) in [5.74, 6) is -5.12. The maximum Gasteiger partial charge on any atom is 0.303 e. The van der Waals surface area contributed by atoms with Crippen molar-refractivity contribution in [3.8, 4) is 0 Å². The number of aliphatic hydroxyl groups is 1. The molecule has 0 aromatic carbocycles. The molecule has 0 bridgehead atoms. The Morgan fingerprint density at radius 2 is 1.91 bits per heavy atom. The van der Waals surface area contributed by atoms with Gasteiger partial charge in [-0.1, -0.05) is 13.0 Å². The highest BCUT2D eigenvalue weighted by atomic mass is 19.1. The molecule has 5 aliphatic rings. The molecule has 2 unspecified atom stereocenters. The second-order valence-corrected chi connectivity index (χ2v) is 11.6. The highest BCUT2D eigenvalue weighted by molar-refractivity contribution is 6.04. The maximum absolute atomic E-state index is 17.3. The SMILES string of the molecule is CC(=O)OCC(=O)[C@@]12OC(C)(C)O[C@@H]1CC1C3CCC4=C(F)C(=O)C=C[C@]4(C)[C@@]3(F)[C@@H](O)C[C@@]12C. The van der Waals surface area contributed by atoms with Gasteiger partial charge in [0.2, 0.25) is 11.6 Å². The van der Waals surface area contributed by atoms with Crippen LogP contribution in [0.4, 0.5) is 8.78 Å². The predicted octanol–water partition coefficient (Wildman–Crippen LogP) is 3.29. The summed E-state index contributed by atoms with van der Waals surface area (Å²) in [6.07, 6.45) is 0.676. The van der Waals surface area contributed by atoms with Crippen molar-refractivity contribution in [1.29, 1.82) is 0 Å². The highest BCUT2D eigenvalue weighted by Gasteiger charge is 2.80. The summed E-state index contributed by atoms with van der Waals surface area (Å²) in [4.78, 5) is 37.1. The summed E-state index contributed by atoms with van der Waals surface area (Å²) in [5, 5.41) is 11.5. The summed E-state index contributed by atoms with van der Waals surface area (Å²) in [6.45, 7) is 7.41. The second-order valence-electron chi connectivity index (χ2n) is 11.6. The number of Topliss-reactive ketones (excluding diaryl/α,β-unsaturated/α-hetero) is 1.